The Balaban J connectivity index is 2.42. The van der Waals surface area contributed by atoms with Crippen molar-refractivity contribution in [3.05, 3.63) is 64.1 Å². The number of rotatable bonds is 4. The number of halogens is 1. The molecule has 2 aromatic rings. The van der Waals surface area contributed by atoms with Crippen molar-refractivity contribution in [2.75, 3.05) is 7.11 Å². The van der Waals surface area contributed by atoms with Crippen molar-refractivity contribution < 1.29 is 4.74 Å². The fraction of sp³-hybridized carbons (Fsp3) is 0.143. The second-order valence-corrected chi connectivity index (χ2v) is 4.75. The van der Waals surface area contributed by atoms with Gasteiger partial charge in [0.05, 0.1) is 13.2 Å². The first-order valence-corrected chi connectivity index (χ1v) is 6.40. The summed E-state index contributed by atoms with van der Waals surface area (Å²) in [7, 11) is 1.66. The molecule has 0 bridgehead atoms. The van der Waals surface area contributed by atoms with E-state index in [1.807, 2.05) is 48.5 Å². The minimum atomic E-state index is -0.0734. The largest absolute Gasteiger partial charge is 0.497 e. The molecule has 1 unspecified atom stereocenters. The van der Waals surface area contributed by atoms with E-state index in [-0.39, 0.29) is 6.04 Å². The topological polar surface area (TPSA) is 47.3 Å². The Bertz CT molecular complexity index is 531. The van der Waals surface area contributed by atoms with Crippen LogP contribution in [0.15, 0.2) is 53.0 Å². The summed E-state index contributed by atoms with van der Waals surface area (Å²) in [4.78, 5) is 0. The first-order chi connectivity index (χ1) is 8.76. The molecule has 0 amide bonds. The molecule has 0 saturated carbocycles. The van der Waals surface area contributed by atoms with Crippen LogP contribution in [0.5, 0.6) is 5.75 Å². The quantitative estimate of drug-likeness (QED) is 0.674. The lowest BCUT2D eigenvalue weighted by Gasteiger charge is -2.18. The highest BCUT2D eigenvalue weighted by Gasteiger charge is 2.15. The summed E-state index contributed by atoms with van der Waals surface area (Å²) >= 11 is 3.54. The van der Waals surface area contributed by atoms with Crippen molar-refractivity contribution in [2.24, 2.45) is 5.84 Å². The van der Waals surface area contributed by atoms with Gasteiger partial charge in [-0.25, -0.2) is 5.43 Å². The Morgan fingerprint density at radius 2 is 1.94 bits per heavy atom. The maximum atomic E-state index is 5.69. The lowest BCUT2D eigenvalue weighted by Crippen LogP contribution is -2.29. The van der Waals surface area contributed by atoms with Gasteiger partial charge in [-0.05, 0) is 29.3 Å². The van der Waals surface area contributed by atoms with E-state index in [1.54, 1.807) is 7.11 Å². The van der Waals surface area contributed by atoms with Crippen LogP contribution < -0.4 is 16.0 Å². The van der Waals surface area contributed by atoms with Gasteiger partial charge in [-0.2, -0.15) is 0 Å². The van der Waals surface area contributed by atoms with Crippen LogP contribution in [0.2, 0.25) is 0 Å². The lowest BCUT2D eigenvalue weighted by molar-refractivity contribution is 0.413. The van der Waals surface area contributed by atoms with Gasteiger partial charge in [0.2, 0.25) is 0 Å². The average Bonchev–Trinajstić information content (AvgIpc) is 2.42. The van der Waals surface area contributed by atoms with Crippen molar-refractivity contribution >= 4 is 15.9 Å². The first kappa shape index (κ1) is 13.1. The van der Waals surface area contributed by atoms with Gasteiger partial charge in [0.25, 0.3) is 0 Å². The number of benzene rings is 2. The molecule has 3 nitrogen and oxygen atoms in total. The molecular formula is C14H15BrN2O. The number of ether oxygens (including phenoxy) is 1. The fourth-order valence-corrected chi connectivity index (χ4v) is 2.41. The second kappa shape index (κ2) is 6.00. The van der Waals surface area contributed by atoms with Crippen molar-refractivity contribution in [2.45, 2.75) is 6.04 Å². The van der Waals surface area contributed by atoms with E-state index < -0.39 is 0 Å². The van der Waals surface area contributed by atoms with Crippen LogP contribution >= 0.6 is 15.9 Å². The van der Waals surface area contributed by atoms with Gasteiger partial charge < -0.3 is 4.74 Å². The number of hydrogen-bond acceptors (Lipinski definition) is 3. The van der Waals surface area contributed by atoms with E-state index in [1.165, 1.54) is 0 Å². The van der Waals surface area contributed by atoms with Crippen molar-refractivity contribution in [3.8, 4) is 5.75 Å². The van der Waals surface area contributed by atoms with Crippen molar-refractivity contribution in [3.63, 3.8) is 0 Å². The number of nitrogens with one attached hydrogen (secondary N) is 1. The molecule has 0 aliphatic rings. The van der Waals surface area contributed by atoms with Gasteiger partial charge in [-0.15, -0.1) is 0 Å². The highest BCUT2D eigenvalue weighted by molar-refractivity contribution is 9.10. The normalized spacial score (nSPS) is 12.2. The van der Waals surface area contributed by atoms with E-state index in [2.05, 4.69) is 21.4 Å². The van der Waals surface area contributed by atoms with Gasteiger partial charge >= 0.3 is 0 Å². The SMILES string of the molecule is COc1cccc(C(NN)c2ccccc2Br)c1. The van der Waals surface area contributed by atoms with E-state index in [0.717, 1.165) is 21.3 Å². The molecule has 18 heavy (non-hydrogen) atoms. The van der Waals surface area contributed by atoms with Crippen LogP contribution in [0.4, 0.5) is 0 Å². The molecule has 0 fully saturated rings. The molecule has 2 aromatic carbocycles. The summed E-state index contributed by atoms with van der Waals surface area (Å²) in [6.45, 7) is 0. The van der Waals surface area contributed by atoms with E-state index in [0.29, 0.717) is 0 Å². The predicted octanol–water partition coefficient (Wildman–Crippen LogP) is 3.01. The Kier molecular flexibility index (Phi) is 4.36. The molecule has 0 heterocycles. The summed E-state index contributed by atoms with van der Waals surface area (Å²) in [5, 5.41) is 0. The number of nitrogens with two attached hydrogens (primary N) is 1. The van der Waals surface area contributed by atoms with Crippen LogP contribution in [0.25, 0.3) is 0 Å². The monoisotopic (exact) mass is 306 g/mol. The minimum absolute atomic E-state index is 0.0734. The summed E-state index contributed by atoms with van der Waals surface area (Å²) in [5.41, 5.74) is 4.99. The number of hydrazine groups is 1. The van der Waals surface area contributed by atoms with Gasteiger partial charge in [0.15, 0.2) is 0 Å². The van der Waals surface area contributed by atoms with Crippen LogP contribution in [-0.2, 0) is 0 Å². The molecule has 0 aliphatic carbocycles. The molecule has 0 spiro atoms. The third kappa shape index (κ3) is 2.72. The highest BCUT2D eigenvalue weighted by atomic mass is 79.9. The number of methoxy groups -OCH3 is 1. The van der Waals surface area contributed by atoms with Crippen LogP contribution in [0.1, 0.15) is 17.2 Å². The first-order valence-electron chi connectivity index (χ1n) is 5.60. The van der Waals surface area contributed by atoms with Crippen LogP contribution in [0, 0.1) is 0 Å². The molecule has 0 saturated heterocycles. The van der Waals surface area contributed by atoms with E-state index in [9.17, 15) is 0 Å². The second-order valence-electron chi connectivity index (χ2n) is 3.90. The molecular weight excluding hydrogens is 292 g/mol. The zero-order valence-corrected chi connectivity index (χ0v) is 11.6. The molecule has 4 heteroatoms. The van der Waals surface area contributed by atoms with Crippen molar-refractivity contribution in [1.82, 2.24) is 5.43 Å². The van der Waals surface area contributed by atoms with Crippen molar-refractivity contribution in [1.29, 1.82) is 0 Å². The Labute approximate surface area is 115 Å². The van der Waals surface area contributed by atoms with Gasteiger partial charge in [0, 0.05) is 4.47 Å². The van der Waals surface area contributed by atoms with E-state index >= 15 is 0 Å². The van der Waals surface area contributed by atoms with E-state index in [4.69, 9.17) is 10.6 Å². The Hall–Kier alpha value is -1.36. The third-order valence-corrected chi connectivity index (χ3v) is 3.53. The third-order valence-electron chi connectivity index (χ3n) is 2.81. The summed E-state index contributed by atoms with van der Waals surface area (Å²) in [5.74, 6) is 6.50. The zero-order valence-electron chi connectivity index (χ0n) is 10.1. The molecule has 1 atom stereocenters. The predicted molar refractivity (Wildman–Crippen MR) is 76.3 cm³/mol. The zero-order chi connectivity index (χ0) is 13.0. The maximum absolute atomic E-state index is 5.69. The number of hydrogen-bond donors (Lipinski definition) is 2. The summed E-state index contributed by atoms with van der Waals surface area (Å²) in [6.07, 6.45) is 0. The van der Waals surface area contributed by atoms with Gasteiger partial charge in [-0.1, -0.05) is 46.3 Å². The highest BCUT2D eigenvalue weighted by Crippen LogP contribution is 2.29. The molecule has 2 rings (SSSR count). The summed E-state index contributed by atoms with van der Waals surface area (Å²) in [6, 6.07) is 15.8. The molecule has 3 N–H and O–H groups in total. The van der Waals surface area contributed by atoms with Crippen LogP contribution in [0.3, 0.4) is 0 Å². The molecule has 94 valence electrons. The minimum Gasteiger partial charge on any atom is -0.497 e. The van der Waals surface area contributed by atoms with Gasteiger partial charge in [-0.3, -0.25) is 5.84 Å². The Morgan fingerprint density at radius 1 is 1.17 bits per heavy atom. The standard InChI is InChI=1S/C14H15BrN2O/c1-18-11-6-4-5-10(9-11)14(17-16)12-7-2-3-8-13(12)15/h2-9,14,17H,16H2,1H3. The van der Waals surface area contributed by atoms with Gasteiger partial charge in [0.1, 0.15) is 5.75 Å². The molecule has 0 aliphatic heterocycles. The average molecular weight is 307 g/mol. The molecule has 0 radical (unpaired) electrons. The lowest BCUT2D eigenvalue weighted by atomic mass is 9.99. The fourth-order valence-electron chi connectivity index (χ4n) is 1.90. The molecule has 0 aromatic heterocycles. The Morgan fingerprint density at radius 3 is 2.61 bits per heavy atom. The van der Waals surface area contributed by atoms with Crippen LogP contribution in [-0.4, -0.2) is 7.11 Å². The summed E-state index contributed by atoms with van der Waals surface area (Å²) < 4.78 is 6.26. The smallest absolute Gasteiger partial charge is 0.119 e. The maximum Gasteiger partial charge on any atom is 0.119 e.